The van der Waals surface area contributed by atoms with Gasteiger partial charge in [0.25, 0.3) is 0 Å². The molecule has 15 heavy (non-hydrogen) atoms. The molecule has 0 bridgehead atoms. The highest BCUT2D eigenvalue weighted by Gasteiger charge is 2.28. The molecule has 0 amide bonds. The number of carbonyl (C=O) groups excluding carboxylic acids is 1. The lowest BCUT2D eigenvalue weighted by atomic mass is 9.87. The van der Waals surface area contributed by atoms with E-state index in [2.05, 4.69) is 0 Å². The average Bonchev–Trinajstić information content (AvgIpc) is 2.18. The molecule has 0 saturated carbocycles. The van der Waals surface area contributed by atoms with E-state index in [1.54, 1.807) is 0 Å². The lowest BCUT2D eigenvalue weighted by molar-refractivity contribution is -0.153. The number of hydrogen-bond donors (Lipinski definition) is 0. The van der Waals surface area contributed by atoms with Gasteiger partial charge in [-0.1, -0.05) is 6.42 Å². The number of thioether (sulfide) groups is 1. The SMILES string of the molecule is CCOC(=O)C(C)(C)CCCCSC#N. The average molecular weight is 229 g/mol. The van der Waals surface area contributed by atoms with E-state index in [1.807, 2.05) is 26.2 Å². The Balaban J connectivity index is 3.74. The topological polar surface area (TPSA) is 50.1 Å². The van der Waals surface area contributed by atoms with Crippen molar-refractivity contribution in [3.63, 3.8) is 0 Å². The maximum atomic E-state index is 11.5. The molecule has 0 aliphatic heterocycles. The molecule has 0 atom stereocenters. The summed E-state index contributed by atoms with van der Waals surface area (Å²) in [4.78, 5) is 11.5. The molecule has 86 valence electrons. The highest BCUT2D eigenvalue weighted by atomic mass is 32.2. The van der Waals surface area contributed by atoms with Crippen molar-refractivity contribution >= 4 is 17.7 Å². The number of nitriles is 1. The van der Waals surface area contributed by atoms with Crippen LogP contribution in [0.3, 0.4) is 0 Å². The molecular formula is C11H19NO2S. The Hall–Kier alpha value is -0.690. The van der Waals surface area contributed by atoms with Gasteiger partial charge in [-0.3, -0.25) is 4.79 Å². The van der Waals surface area contributed by atoms with Gasteiger partial charge in [0.15, 0.2) is 0 Å². The molecule has 0 heterocycles. The van der Waals surface area contributed by atoms with E-state index in [1.165, 1.54) is 11.8 Å². The van der Waals surface area contributed by atoms with Gasteiger partial charge in [0.1, 0.15) is 5.40 Å². The number of unbranched alkanes of at least 4 members (excludes halogenated alkanes) is 1. The third-order valence-corrected chi connectivity index (χ3v) is 2.81. The molecule has 0 aromatic carbocycles. The summed E-state index contributed by atoms with van der Waals surface area (Å²) in [6, 6.07) is 0. The molecule has 0 aromatic rings. The first-order valence-corrected chi connectivity index (χ1v) is 6.21. The van der Waals surface area contributed by atoms with Gasteiger partial charge in [-0.15, -0.1) is 0 Å². The fourth-order valence-electron chi connectivity index (χ4n) is 1.22. The highest BCUT2D eigenvalue weighted by Crippen LogP contribution is 2.25. The lowest BCUT2D eigenvalue weighted by Crippen LogP contribution is -2.26. The van der Waals surface area contributed by atoms with E-state index < -0.39 is 5.41 Å². The number of hydrogen-bond acceptors (Lipinski definition) is 4. The fraction of sp³-hybridized carbons (Fsp3) is 0.818. The van der Waals surface area contributed by atoms with Crippen LogP contribution in [0.4, 0.5) is 0 Å². The smallest absolute Gasteiger partial charge is 0.311 e. The van der Waals surface area contributed by atoms with Gasteiger partial charge in [-0.25, -0.2) is 0 Å². The van der Waals surface area contributed by atoms with Gasteiger partial charge in [-0.05, 0) is 45.4 Å². The quantitative estimate of drug-likeness (QED) is 0.382. The Kier molecular flexibility index (Phi) is 7.23. The Bertz CT molecular complexity index is 233. The minimum Gasteiger partial charge on any atom is -0.466 e. The maximum Gasteiger partial charge on any atom is 0.311 e. The molecular weight excluding hydrogens is 210 g/mol. The minimum absolute atomic E-state index is 0.127. The first-order valence-electron chi connectivity index (χ1n) is 5.22. The van der Waals surface area contributed by atoms with Crippen molar-refractivity contribution in [2.45, 2.75) is 40.0 Å². The number of esters is 1. The summed E-state index contributed by atoms with van der Waals surface area (Å²) in [5.74, 6) is 0.716. The molecule has 0 aromatic heterocycles. The second kappa shape index (κ2) is 7.58. The van der Waals surface area contributed by atoms with Crippen LogP contribution in [0.25, 0.3) is 0 Å². The molecule has 0 spiro atoms. The standard InChI is InChI=1S/C11H19NO2S/c1-4-14-10(13)11(2,3)7-5-6-8-15-9-12/h4-8H2,1-3H3. The lowest BCUT2D eigenvalue weighted by Gasteiger charge is -2.21. The Labute approximate surface area is 96.2 Å². The summed E-state index contributed by atoms with van der Waals surface area (Å²) >= 11 is 1.27. The molecule has 0 radical (unpaired) electrons. The molecule has 0 saturated heterocycles. The molecule has 0 aliphatic carbocycles. The number of carbonyl (C=O) groups is 1. The predicted octanol–water partition coefficient (Wildman–Crippen LogP) is 2.96. The minimum atomic E-state index is -0.396. The van der Waals surface area contributed by atoms with E-state index in [0.29, 0.717) is 6.61 Å². The number of nitrogens with zero attached hydrogens (tertiary/aromatic N) is 1. The number of rotatable bonds is 7. The monoisotopic (exact) mass is 229 g/mol. The molecule has 0 aliphatic rings. The van der Waals surface area contributed by atoms with Gasteiger partial charge in [0, 0.05) is 5.75 Å². The first-order chi connectivity index (χ1) is 7.04. The van der Waals surface area contributed by atoms with Crippen molar-refractivity contribution in [3.05, 3.63) is 0 Å². The number of ether oxygens (including phenoxy) is 1. The fourth-order valence-corrected chi connectivity index (χ4v) is 1.66. The van der Waals surface area contributed by atoms with E-state index in [-0.39, 0.29) is 5.97 Å². The second-order valence-corrected chi connectivity index (χ2v) is 4.88. The van der Waals surface area contributed by atoms with Crippen molar-refractivity contribution < 1.29 is 9.53 Å². The molecule has 0 unspecified atom stereocenters. The van der Waals surface area contributed by atoms with E-state index in [0.717, 1.165) is 25.0 Å². The largest absolute Gasteiger partial charge is 0.466 e. The third kappa shape index (κ3) is 6.40. The van der Waals surface area contributed by atoms with Crippen molar-refractivity contribution in [3.8, 4) is 5.40 Å². The molecule has 3 nitrogen and oxygen atoms in total. The van der Waals surface area contributed by atoms with E-state index >= 15 is 0 Å². The summed E-state index contributed by atoms with van der Waals surface area (Å²) in [5.41, 5.74) is -0.396. The Morgan fingerprint density at radius 3 is 2.67 bits per heavy atom. The molecule has 0 fully saturated rings. The van der Waals surface area contributed by atoms with Crippen LogP contribution in [0.1, 0.15) is 40.0 Å². The Morgan fingerprint density at radius 1 is 1.47 bits per heavy atom. The summed E-state index contributed by atoms with van der Waals surface area (Å²) < 4.78 is 4.99. The first kappa shape index (κ1) is 14.3. The summed E-state index contributed by atoms with van der Waals surface area (Å²) in [6.07, 6.45) is 2.75. The summed E-state index contributed by atoms with van der Waals surface area (Å²) in [7, 11) is 0. The second-order valence-electron chi connectivity index (χ2n) is 4.00. The van der Waals surface area contributed by atoms with Crippen LogP contribution in [-0.2, 0) is 9.53 Å². The zero-order valence-electron chi connectivity index (χ0n) is 9.71. The van der Waals surface area contributed by atoms with Gasteiger partial charge >= 0.3 is 5.97 Å². The predicted molar refractivity (Wildman–Crippen MR) is 62.3 cm³/mol. The van der Waals surface area contributed by atoms with Crippen LogP contribution in [0.5, 0.6) is 0 Å². The van der Waals surface area contributed by atoms with Gasteiger partial charge in [-0.2, -0.15) is 5.26 Å². The van der Waals surface area contributed by atoms with Crippen LogP contribution in [0.15, 0.2) is 0 Å². The maximum absolute atomic E-state index is 11.5. The van der Waals surface area contributed by atoms with Crippen molar-refractivity contribution in [2.24, 2.45) is 5.41 Å². The molecule has 4 heteroatoms. The third-order valence-electron chi connectivity index (χ3n) is 2.19. The van der Waals surface area contributed by atoms with Crippen LogP contribution in [0, 0.1) is 16.1 Å². The molecule has 0 N–H and O–H groups in total. The van der Waals surface area contributed by atoms with Crippen LogP contribution in [-0.4, -0.2) is 18.3 Å². The summed E-state index contributed by atoms with van der Waals surface area (Å²) in [6.45, 7) is 6.06. The zero-order valence-corrected chi connectivity index (χ0v) is 10.5. The Morgan fingerprint density at radius 2 is 2.13 bits per heavy atom. The van der Waals surface area contributed by atoms with Crippen LogP contribution >= 0.6 is 11.8 Å². The number of thiocyanates is 1. The van der Waals surface area contributed by atoms with Gasteiger partial charge < -0.3 is 4.74 Å². The van der Waals surface area contributed by atoms with Crippen molar-refractivity contribution in [2.75, 3.05) is 12.4 Å². The van der Waals surface area contributed by atoms with E-state index in [4.69, 9.17) is 10.00 Å². The van der Waals surface area contributed by atoms with Gasteiger partial charge in [0.05, 0.1) is 12.0 Å². The van der Waals surface area contributed by atoms with Gasteiger partial charge in [0.2, 0.25) is 0 Å². The normalized spacial score (nSPS) is 10.8. The molecule has 0 rings (SSSR count). The highest BCUT2D eigenvalue weighted by molar-refractivity contribution is 8.03. The summed E-state index contributed by atoms with van der Waals surface area (Å²) in [5, 5.41) is 10.4. The zero-order chi connectivity index (χ0) is 11.7. The van der Waals surface area contributed by atoms with Crippen LogP contribution in [0.2, 0.25) is 0 Å². The van der Waals surface area contributed by atoms with Crippen molar-refractivity contribution in [1.82, 2.24) is 0 Å². The van der Waals surface area contributed by atoms with E-state index in [9.17, 15) is 4.79 Å². The van der Waals surface area contributed by atoms with Crippen molar-refractivity contribution in [1.29, 1.82) is 5.26 Å². The van der Waals surface area contributed by atoms with Crippen LogP contribution < -0.4 is 0 Å².